The molecule has 2 heteroatoms. The zero-order chi connectivity index (χ0) is 15.1. The van der Waals surface area contributed by atoms with Crippen LogP contribution in [0.25, 0.3) is 0 Å². The first-order valence-electron chi connectivity index (χ1n) is 8.49. The molecule has 2 fully saturated rings. The lowest BCUT2D eigenvalue weighted by Gasteiger charge is -2.46. The van der Waals surface area contributed by atoms with Gasteiger partial charge in [-0.3, -0.25) is 4.90 Å². The maximum absolute atomic E-state index is 3.82. The molecule has 0 amide bonds. The summed E-state index contributed by atoms with van der Waals surface area (Å²) in [7, 11) is 0. The molecule has 1 saturated carbocycles. The smallest absolute Gasteiger partial charge is 0.0535 e. The van der Waals surface area contributed by atoms with Crippen LogP contribution in [0.3, 0.4) is 0 Å². The topological polar surface area (TPSA) is 15.3 Å². The minimum absolute atomic E-state index is 0.0892. The number of hydrogen-bond donors (Lipinski definition) is 1. The number of nitrogens with zero attached hydrogens (tertiary/aromatic N) is 1. The predicted molar refractivity (Wildman–Crippen MR) is 89.3 cm³/mol. The van der Waals surface area contributed by atoms with E-state index in [4.69, 9.17) is 0 Å². The average molecular weight is 286 g/mol. The second-order valence-corrected chi connectivity index (χ2v) is 7.96. The average Bonchev–Trinajstić information content (AvgIpc) is 3.07. The van der Waals surface area contributed by atoms with Gasteiger partial charge in [0.2, 0.25) is 0 Å². The number of benzene rings is 1. The predicted octanol–water partition coefficient (Wildman–Crippen LogP) is 3.63. The molecule has 0 radical (unpaired) electrons. The Hall–Kier alpha value is -0.860. The summed E-state index contributed by atoms with van der Waals surface area (Å²) in [6.07, 6.45) is 2.64. The van der Waals surface area contributed by atoms with E-state index in [1.807, 2.05) is 0 Å². The van der Waals surface area contributed by atoms with Crippen molar-refractivity contribution in [2.24, 2.45) is 11.3 Å². The van der Waals surface area contributed by atoms with Gasteiger partial charge in [-0.1, -0.05) is 51.1 Å². The van der Waals surface area contributed by atoms with E-state index in [-0.39, 0.29) is 5.54 Å². The first-order valence-corrected chi connectivity index (χ1v) is 8.49. The van der Waals surface area contributed by atoms with Crippen molar-refractivity contribution >= 4 is 0 Å². The highest BCUT2D eigenvalue weighted by Gasteiger charge is 2.48. The highest BCUT2D eigenvalue weighted by molar-refractivity contribution is 5.25. The Kier molecular flexibility index (Phi) is 3.87. The minimum Gasteiger partial charge on any atom is -0.305 e. The van der Waals surface area contributed by atoms with E-state index < -0.39 is 0 Å². The molecule has 1 aliphatic carbocycles. The SMILES string of the molecule is CCC1CNC(C)(c2ccccc2)CN1CC1CC1(C)C. The molecule has 1 aromatic carbocycles. The highest BCUT2D eigenvalue weighted by Crippen LogP contribution is 2.52. The molecule has 1 N–H and O–H groups in total. The van der Waals surface area contributed by atoms with Gasteiger partial charge in [0.1, 0.15) is 0 Å². The van der Waals surface area contributed by atoms with Crippen molar-refractivity contribution in [2.45, 2.75) is 52.1 Å². The maximum Gasteiger partial charge on any atom is 0.0535 e. The first-order chi connectivity index (χ1) is 9.94. The van der Waals surface area contributed by atoms with Crippen LogP contribution in [0.4, 0.5) is 0 Å². The third-order valence-corrected chi connectivity index (χ3v) is 5.82. The summed E-state index contributed by atoms with van der Waals surface area (Å²) < 4.78 is 0. The molecule has 1 aliphatic heterocycles. The van der Waals surface area contributed by atoms with Crippen LogP contribution >= 0.6 is 0 Å². The Morgan fingerprint density at radius 3 is 2.43 bits per heavy atom. The second-order valence-electron chi connectivity index (χ2n) is 7.96. The number of rotatable bonds is 4. The van der Waals surface area contributed by atoms with Crippen molar-refractivity contribution in [1.82, 2.24) is 10.2 Å². The van der Waals surface area contributed by atoms with Gasteiger partial charge < -0.3 is 5.32 Å². The summed E-state index contributed by atoms with van der Waals surface area (Å²) in [5, 5.41) is 3.82. The zero-order valence-corrected chi connectivity index (χ0v) is 14.0. The summed E-state index contributed by atoms with van der Waals surface area (Å²) in [6.45, 7) is 13.0. The fourth-order valence-electron chi connectivity index (χ4n) is 3.85. The van der Waals surface area contributed by atoms with Crippen LogP contribution in [0.5, 0.6) is 0 Å². The molecule has 0 aromatic heterocycles. The molecule has 2 aliphatic rings. The Morgan fingerprint density at radius 2 is 1.86 bits per heavy atom. The van der Waals surface area contributed by atoms with Gasteiger partial charge in [-0.2, -0.15) is 0 Å². The van der Waals surface area contributed by atoms with Crippen LogP contribution in [-0.4, -0.2) is 30.6 Å². The highest BCUT2D eigenvalue weighted by atomic mass is 15.3. The molecule has 0 spiro atoms. The number of nitrogens with one attached hydrogen (secondary N) is 1. The Bertz CT molecular complexity index is 482. The molecule has 21 heavy (non-hydrogen) atoms. The van der Waals surface area contributed by atoms with Gasteiger partial charge in [0.15, 0.2) is 0 Å². The Labute approximate surface area is 129 Å². The van der Waals surface area contributed by atoms with Crippen LogP contribution in [-0.2, 0) is 5.54 Å². The van der Waals surface area contributed by atoms with E-state index in [9.17, 15) is 0 Å². The van der Waals surface area contributed by atoms with E-state index in [2.05, 4.69) is 68.2 Å². The molecule has 1 heterocycles. The fourth-order valence-corrected chi connectivity index (χ4v) is 3.85. The normalized spacial score (nSPS) is 35.6. The number of hydrogen-bond acceptors (Lipinski definition) is 2. The third-order valence-electron chi connectivity index (χ3n) is 5.82. The van der Waals surface area contributed by atoms with Gasteiger partial charge in [0.25, 0.3) is 0 Å². The molecule has 2 nitrogen and oxygen atoms in total. The lowest BCUT2D eigenvalue weighted by atomic mass is 9.87. The molecule has 0 bridgehead atoms. The van der Waals surface area contributed by atoms with Crippen molar-refractivity contribution in [3.05, 3.63) is 35.9 Å². The van der Waals surface area contributed by atoms with E-state index >= 15 is 0 Å². The van der Waals surface area contributed by atoms with Crippen molar-refractivity contribution in [3.8, 4) is 0 Å². The van der Waals surface area contributed by atoms with Crippen molar-refractivity contribution in [2.75, 3.05) is 19.6 Å². The van der Waals surface area contributed by atoms with Crippen molar-refractivity contribution in [3.63, 3.8) is 0 Å². The number of piperazine rings is 1. The molecule has 3 unspecified atom stereocenters. The maximum atomic E-state index is 3.82. The molecular formula is C19H30N2. The van der Waals surface area contributed by atoms with Gasteiger partial charge in [-0.05, 0) is 36.7 Å². The van der Waals surface area contributed by atoms with E-state index in [1.54, 1.807) is 0 Å². The van der Waals surface area contributed by atoms with Crippen molar-refractivity contribution < 1.29 is 0 Å². The Morgan fingerprint density at radius 1 is 1.19 bits per heavy atom. The van der Waals surface area contributed by atoms with Crippen LogP contribution in [0, 0.1) is 11.3 Å². The van der Waals surface area contributed by atoms with Gasteiger partial charge in [0, 0.05) is 25.7 Å². The molecule has 116 valence electrons. The molecule has 3 rings (SSSR count). The molecule has 3 atom stereocenters. The lowest BCUT2D eigenvalue weighted by molar-refractivity contribution is 0.0756. The monoisotopic (exact) mass is 286 g/mol. The van der Waals surface area contributed by atoms with Crippen LogP contribution in [0.1, 0.15) is 46.1 Å². The molecule has 1 saturated heterocycles. The van der Waals surface area contributed by atoms with Crippen LogP contribution in [0.2, 0.25) is 0 Å². The largest absolute Gasteiger partial charge is 0.305 e. The summed E-state index contributed by atoms with van der Waals surface area (Å²) in [4.78, 5) is 2.75. The molecule has 1 aromatic rings. The van der Waals surface area contributed by atoms with Crippen LogP contribution in [0.15, 0.2) is 30.3 Å². The van der Waals surface area contributed by atoms with Gasteiger partial charge in [0.05, 0.1) is 5.54 Å². The van der Waals surface area contributed by atoms with Crippen molar-refractivity contribution in [1.29, 1.82) is 0 Å². The quantitative estimate of drug-likeness (QED) is 0.909. The van der Waals surface area contributed by atoms with Gasteiger partial charge in [-0.15, -0.1) is 0 Å². The zero-order valence-electron chi connectivity index (χ0n) is 14.0. The Balaban J connectivity index is 1.74. The van der Waals surface area contributed by atoms with E-state index in [1.165, 1.54) is 24.9 Å². The standard InChI is InChI=1S/C19H30N2/c1-5-17-12-20-19(4,15-9-7-6-8-10-15)14-21(17)13-16-11-18(16,2)3/h6-10,16-17,20H,5,11-14H2,1-4H3. The second kappa shape index (κ2) is 5.40. The van der Waals surface area contributed by atoms with Crippen LogP contribution < -0.4 is 5.32 Å². The summed E-state index contributed by atoms with van der Waals surface area (Å²) in [5.41, 5.74) is 2.08. The summed E-state index contributed by atoms with van der Waals surface area (Å²) in [6, 6.07) is 11.6. The summed E-state index contributed by atoms with van der Waals surface area (Å²) in [5.74, 6) is 0.893. The third kappa shape index (κ3) is 3.02. The van der Waals surface area contributed by atoms with Gasteiger partial charge in [-0.25, -0.2) is 0 Å². The fraction of sp³-hybridized carbons (Fsp3) is 0.684. The minimum atomic E-state index is 0.0892. The van der Waals surface area contributed by atoms with E-state index in [0.29, 0.717) is 11.5 Å². The van der Waals surface area contributed by atoms with E-state index in [0.717, 1.165) is 19.0 Å². The molecular weight excluding hydrogens is 256 g/mol. The summed E-state index contributed by atoms with van der Waals surface area (Å²) >= 11 is 0. The van der Waals surface area contributed by atoms with Gasteiger partial charge >= 0.3 is 0 Å². The first kappa shape index (κ1) is 15.1. The lowest BCUT2D eigenvalue weighted by Crippen LogP contribution is -2.61.